The van der Waals surface area contributed by atoms with Gasteiger partial charge in [0.1, 0.15) is 5.82 Å². The van der Waals surface area contributed by atoms with Gasteiger partial charge in [-0.3, -0.25) is 4.79 Å². The molecular formula is C17H19FN2OS. The molecule has 5 heteroatoms. The standard InChI is InChI=1S/C17H19FN2OS/c1-12-10-13(18)6-7-14(12)19-11-17(21)20-8-2-4-15(20)16-5-3-9-22-16/h3,5-7,9-10,15,19H,2,4,8,11H2,1H3. The highest BCUT2D eigenvalue weighted by Gasteiger charge is 2.30. The molecule has 1 aromatic heterocycles. The Morgan fingerprint density at radius 1 is 1.45 bits per heavy atom. The summed E-state index contributed by atoms with van der Waals surface area (Å²) >= 11 is 1.70. The second-order valence-electron chi connectivity index (χ2n) is 5.57. The molecule has 3 nitrogen and oxygen atoms in total. The number of carbonyl (C=O) groups is 1. The largest absolute Gasteiger partial charge is 0.376 e. The molecule has 1 aliphatic heterocycles. The molecule has 0 spiro atoms. The van der Waals surface area contributed by atoms with Gasteiger partial charge in [-0.05, 0) is 55.0 Å². The lowest BCUT2D eigenvalue weighted by atomic mass is 10.2. The van der Waals surface area contributed by atoms with Crippen LogP contribution in [0.3, 0.4) is 0 Å². The van der Waals surface area contributed by atoms with Crippen molar-refractivity contribution in [3.8, 4) is 0 Å². The van der Waals surface area contributed by atoms with Gasteiger partial charge in [0.25, 0.3) is 0 Å². The second kappa shape index (κ2) is 6.48. The molecule has 0 radical (unpaired) electrons. The van der Waals surface area contributed by atoms with Crippen LogP contribution in [0.2, 0.25) is 0 Å². The summed E-state index contributed by atoms with van der Waals surface area (Å²) in [7, 11) is 0. The molecule has 1 fully saturated rings. The van der Waals surface area contributed by atoms with E-state index in [4.69, 9.17) is 0 Å². The smallest absolute Gasteiger partial charge is 0.242 e. The van der Waals surface area contributed by atoms with Gasteiger partial charge in [-0.15, -0.1) is 11.3 Å². The quantitative estimate of drug-likeness (QED) is 0.925. The Hall–Kier alpha value is -1.88. The Morgan fingerprint density at radius 3 is 3.05 bits per heavy atom. The first-order valence-electron chi connectivity index (χ1n) is 7.48. The highest BCUT2D eigenvalue weighted by Crippen LogP contribution is 2.34. The lowest BCUT2D eigenvalue weighted by Gasteiger charge is -2.24. The fraction of sp³-hybridized carbons (Fsp3) is 0.353. The van der Waals surface area contributed by atoms with Crippen molar-refractivity contribution in [2.45, 2.75) is 25.8 Å². The zero-order chi connectivity index (χ0) is 15.5. The van der Waals surface area contributed by atoms with E-state index in [0.29, 0.717) is 0 Å². The average molecular weight is 318 g/mol. The molecule has 1 saturated heterocycles. The van der Waals surface area contributed by atoms with Gasteiger partial charge in [-0.25, -0.2) is 4.39 Å². The third-order valence-corrected chi connectivity index (χ3v) is 5.04. The first kappa shape index (κ1) is 15.0. The van der Waals surface area contributed by atoms with Crippen molar-refractivity contribution in [1.29, 1.82) is 0 Å². The summed E-state index contributed by atoms with van der Waals surface area (Å²) in [6.45, 7) is 2.89. The highest BCUT2D eigenvalue weighted by atomic mass is 32.1. The van der Waals surface area contributed by atoms with Crippen molar-refractivity contribution in [2.75, 3.05) is 18.4 Å². The minimum absolute atomic E-state index is 0.0969. The summed E-state index contributed by atoms with van der Waals surface area (Å²) in [5.74, 6) is -0.161. The first-order chi connectivity index (χ1) is 10.6. The summed E-state index contributed by atoms with van der Waals surface area (Å²) in [5, 5.41) is 5.18. The number of halogens is 1. The maximum atomic E-state index is 13.1. The molecular weight excluding hydrogens is 299 g/mol. The number of hydrogen-bond acceptors (Lipinski definition) is 3. The molecule has 1 atom stereocenters. The number of thiophene rings is 1. The van der Waals surface area contributed by atoms with Gasteiger partial charge in [0, 0.05) is 17.1 Å². The van der Waals surface area contributed by atoms with Gasteiger partial charge in [-0.2, -0.15) is 0 Å². The van der Waals surface area contributed by atoms with E-state index in [0.717, 1.165) is 30.6 Å². The topological polar surface area (TPSA) is 32.3 Å². The van der Waals surface area contributed by atoms with E-state index in [-0.39, 0.29) is 24.3 Å². The van der Waals surface area contributed by atoms with Crippen LogP contribution in [-0.2, 0) is 4.79 Å². The monoisotopic (exact) mass is 318 g/mol. The number of nitrogens with one attached hydrogen (secondary N) is 1. The molecule has 2 aromatic rings. The minimum Gasteiger partial charge on any atom is -0.376 e. The Kier molecular flexibility index (Phi) is 4.43. The number of rotatable bonds is 4. The van der Waals surface area contributed by atoms with Crippen LogP contribution in [-0.4, -0.2) is 23.9 Å². The van der Waals surface area contributed by atoms with Crippen molar-refractivity contribution >= 4 is 22.9 Å². The predicted molar refractivity (Wildman–Crippen MR) is 87.6 cm³/mol. The van der Waals surface area contributed by atoms with E-state index in [1.54, 1.807) is 17.4 Å². The third kappa shape index (κ3) is 3.14. The van der Waals surface area contributed by atoms with Crippen LogP contribution >= 0.6 is 11.3 Å². The van der Waals surface area contributed by atoms with Crippen molar-refractivity contribution < 1.29 is 9.18 Å². The van der Waals surface area contributed by atoms with E-state index in [9.17, 15) is 9.18 Å². The van der Waals surface area contributed by atoms with Crippen LogP contribution in [0.25, 0.3) is 0 Å². The summed E-state index contributed by atoms with van der Waals surface area (Å²) in [6, 6.07) is 8.89. The molecule has 3 rings (SSSR count). The Bertz CT molecular complexity index is 657. The lowest BCUT2D eigenvalue weighted by molar-refractivity contribution is -0.130. The minimum atomic E-state index is -0.258. The molecule has 22 heavy (non-hydrogen) atoms. The molecule has 1 aromatic carbocycles. The Balaban J connectivity index is 1.64. The fourth-order valence-electron chi connectivity index (χ4n) is 2.94. The van der Waals surface area contributed by atoms with Crippen LogP contribution in [0.5, 0.6) is 0 Å². The second-order valence-corrected chi connectivity index (χ2v) is 6.55. The van der Waals surface area contributed by atoms with Crippen molar-refractivity contribution in [1.82, 2.24) is 4.90 Å². The maximum absolute atomic E-state index is 13.1. The highest BCUT2D eigenvalue weighted by molar-refractivity contribution is 7.10. The number of aryl methyl sites for hydroxylation is 1. The summed E-state index contributed by atoms with van der Waals surface area (Å²) < 4.78 is 13.1. The molecule has 2 heterocycles. The molecule has 1 N–H and O–H groups in total. The van der Waals surface area contributed by atoms with Crippen LogP contribution in [0.4, 0.5) is 10.1 Å². The zero-order valence-electron chi connectivity index (χ0n) is 12.5. The fourth-order valence-corrected chi connectivity index (χ4v) is 3.81. The van der Waals surface area contributed by atoms with E-state index < -0.39 is 0 Å². The molecule has 1 amide bonds. The number of amides is 1. The average Bonchev–Trinajstić information content (AvgIpc) is 3.16. The van der Waals surface area contributed by atoms with Crippen LogP contribution in [0.1, 0.15) is 29.3 Å². The summed E-state index contributed by atoms with van der Waals surface area (Å²) in [6.07, 6.45) is 2.08. The van der Waals surface area contributed by atoms with Crippen molar-refractivity contribution in [3.63, 3.8) is 0 Å². The maximum Gasteiger partial charge on any atom is 0.242 e. The Labute approximate surface area is 133 Å². The number of carbonyl (C=O) groups excluding carboxylic acids is 1. The first-order valence-corrected chi connectivity index (χ1v) is 8.36. The van der Waals surface area contributed by atoms with E-state index in [1.807, 2.05) is 17.9 Å². The molecule has 0 aliphatic carbocycles. The lowest BCUT2D eigenvalue weighted by Crippen LogP contribution is -2.34. The van der Waals surface area contributed by atoms with E-state index in [1.165, 1.54) is 17.0 Å². The van der Waals surface area contributed by atoms with Gasteiger partial charge >= 0.3 is 0 Å². The van der Waals surface area contributed by atoms with Gasteiger partial charge in [0.2, 0.25) is 5.91 Å². The van der Waals surface area contributed by atoms with Crippen molar-refractivity contribution in [2.24, 2.45) is 0 Å². The van der Waals surface area contributed by atoms with Crippen molar-refractivity contribution in [3.05, 3.63) is 52.0 Å². The van der Waals surface area contributed by atoms with E-state index in [2.05, 4.69) is 16.8 Å². The molecule has 1 aliphatic rings. The number of nitrogens with zero attached hydrogens (tertiary/aromatic N) is 1. The van der Waals surface area contributed by atoms with Gasteiger partial charge < -0.3 is 10.2 Å². The number of hydrogen-bond donors (Lipinski definition) is 1. The summed E-state index contributed by atoms with van der Waals surface area (Å²) in [5.41, 5.74) is 1.62. The van der Waals surface area contributed by atoms with Crippen LogP contribution < -0.4 is 5.32 Å². The number of likely N-dealkylation sites (tertiary alicyclic amines) is 1. The predicted octanol–water partition coefficient (Wildman–Crippen LogP) is 3.97. The SMILES string of the molecule is Cc1cc(F)ccc1NCC(=O)N1CCCC1c1cccs1. The third-order valence-electron chi connectivity index (χ3n) is 4.06. The molecule has 0 bridgehead atoms. The number of benzene rings is 1. The van der Waals surface area contributed by atoms with Gasteiger partial charge in [-0.1, -0.05) is 6.07 Å². The van der Waals surface area contributed by atoms with E-state index >= 15 is 0 Å². The number of anilines is 1. The molecule has 1 unspecified atom stereocenters. The molecule has 0 saturated carbocycles. The van der Waals surface area contributed by atoms with Gasteiger partial charge in [0.15, 0.2) is 0 Å². The van der Waals surface area contributed by atoms with Crippen LogP contribution in [0, 0.1) is 12.7 Å². The normalized spacial score (nSPS) is 17.7. The Morgan fingerprint density at radius 2 is 2.32 bits per heavy atom. The van der Waals surface area contributed by atoms with Gasteiger partial charge in [0.05, 0.1) is 12.6 Å². The molecule has 116 valence electrons. The zero-order valence-corrected chi connectivity index (χ0v) is 13.3. The summed E-state index contributed by atoms with van der Waals surface area (Å²) in [4.78, 5) is 15.7. The van der Waals surface area contributed by atoms with Crippen LogP contribution in [0.15, 0.2) is 35.7 Å².